The van der Waals surface area contributed by atoms with Crippen molar-refractivity contribution >= 4 is 11.8 Å². The first-order valence-corrected chi connectivity index (χ1v) is 11.1. The zero-order chi connectivity index (χ0) is 20.1. The number of amides is 2. The molecule has 0 spiro atoms. The first-order chi connectivity index (χ1) is 14.3. The normalized spacial score (nSPS) is 19.0. The van der Waals surface area contributed by atoms with Crippen molar-refractivity contribution in [3.8, 4) is 0 Å². The molecule has 0 aliphatic heterocycles. The van der Waals surface area contributed by atoms with E-state index >= 15 is 0 Å². The van der Waals surface area contributed by atoms with Gasteiger partial charge in [-0.1, -0.05) is 55.7 Å². The van der Waals surface area contributed by atoms with E-state index in [0.29, 0.717) is 11.1 Å². The van der Waals surface area contributed by atoms with Crippen molar-refractivity contribution in [3.63, 3.8) is 0 Å². The van der Waals surface area contributed by atoms with Crippen molar-refractivity contribution < 1.29 is 14.6 Å². The van der Waals surface area contributed by atoms with Gasteiger partial charge >= 0.3 is 5.91 Å². The number of nitrogens with zero attached hydrogens (tertiary/aromatic N) is 1. The molecule has 4 nitrogen and oxygen atoms in total. The quantitative estimate of drug-likeness (QED) is 0.799. The number of carbonyl (C=O) groups excluding carboxylic acids is 2. The number of rotatable bonds is 4. The Bertz CT molecular complexity index is 809. The average Bonchev–Trinajstić information content (AvgIpc) is 3.33. The molecule has 2 amide bonds. The molecule has 0 heterocycles. The fourth-order valence-electron chi connectivity index (χ4n) is 4.96. The van der Waals surface area contributed by atoms with E-state index in [0.717, 1.165) is 56.4 Å². The molecule has 0 bridgehead atoms. The SMILES string of the molecule is O=C(c1ccccc1)N(C1CCCC1)[NH+](C(=O)c1ccccc1)C1CCCCC1. The number of hydrogen-bond acceptors (Lipinski definition) is 2. The molecule has 2 aromatic carbocycles. The van der Waals surface area contributed by atoms with Crippen molar-refractivity contribution in [1.82, 2.24) is 5.01 Å². The van der Waals surface area contributed by atoms with Crippen LogP contribution < -0.4 is 5.01 Å². The van der Waals surface area contributed by atoms with Crippen molar-refractivity contribution in [2.75, 3.05) is 0 Å². The lowest BCUT2D eigenvalue weighted by molar-refractivity contribution is -0.955. The summed E-state index contributed by atoms with van der Waals surface area (Å²) < 4.78 is 0. The molecule has 0 radical (unpaired) electrons. The smallest absolute Gasteiger partial charge is 0.264 e. The minimum absolute atomic E-state index is 0.0117. The maximum Gasteiger partial charge on any atom is 0.368 e. The van der Waals surface area contributed by atoms with Gasteiger partial charge in [0.05, 0.1) is 11.6 Å². The van der Waals surface area contributed by atoms with Crippen LogP contribution in [0.25, 0.3) is 0 Å². The van der Waals surface area contributed by atoms with E-state index in [1.807, 2.05) is 65.7 Å². The maximum absolute atomic E-state index is 13.7. The van der Waals surface area contributed by atoms with Gasteiger partial charge in [0.1, 0.15) is 6.04 Å². The van der Waals surface area contributed by atoms with Gasteiger partial charge in [0.25, 0.3) is 5.91 Å². The van der Waals surface area contributed by atoms with Gasteiger partial charge in [-0.3, -0.25) is 4.79 Å². The van der Waals surface area contributed by atoms with Crippen LogP contribution in [0, 0.1) is 0 Å². The number of carbonyl (C=O) groups is 2. The van der Waals surface area contributed by atoms with Crippen LogP contribution in [0.2, 0.25) is 0 Å². The molecule has 0 aromatic heterocycles. The highest BCUT2D eigenvalue weighted by molar-refractivity contribution is 5.95. The molecular weight excluding hydrogens is 360 g/mol. The fourth-order valence-corrected chi connectivity index (χ4v) is 4.96. The van der Waals surface area contributed by atoms with E-state index in [9.17, 15) is 9.59 Å². The highest BCUT2D eigenvalue weighted by atomic mass is 16.2. The van der Waals surface area contributed by atoms with E-state index in [-0.39, 0.29) is 23.9 Å². The molecule has 1 unspecified atom stereocenters. The lowest BCUT2D eigenvalue weighted by Gasteiger charge is -2.39. The molecular formula is C25H31N2O2+. The minimum atomic E-state index is -0.0117. The van der Waals surface area contributed by atoms with Crippen LogP contribution in [-0.4, -0.2) is 28.9 Å². The molecule has 2 aromatic rings. The largest absolute Gasteiger partial charge is 0.368 e. The van der Waals surface area contributed by atoms with Crippen LogP contribution in [0.3, 0.4) is 0 Å². The number of quaternary nitrogens is 1. The lowest BCUT2D eigenvalue weighted by atomic mass is 9.94. The molecule has 2 aliphatic rings. The Kier molecular flexibility index (Phi) is 6.40. The molecule has 2 saturated carbocycles. The Morgan fingerprint density at radius 3 is 1.79 bits per heavy atom. The van der Waals surface area contributed by atoms with E-state index in [4.69, 9.17) is 0 Å². The second-order valence-electron chi connectivity index (χ2n) is 8.39. The van der Waals surface area contributed by atoms with Gasteiger partial charge in [0.15, 0.2) is 0 Å². The van der Waals surface area contributed by atoms with Gasteiger partial charge in [-0.25, -0.2) is 4.79 Å². The molecule has 29 heavy (non-hydrogen) atoms. The van der Waals surface area contributed by atoms with Crippen LogP contribution in [0.1, 0.15) is 78.5 Å². The van der Waals surface area contributed by atoms with E-state index < -0.39 is 0 Å². The number of nitrogens with one attached hydrogen (secondary N) is 1. The third-order valence-electron chi connectivity index (χ3n) is 6.45. The van der Waals surface area contributed by atoms with E-state index in [1.165, 1.54) is 6.42 Å². The first kappa shape index (κ1) is 19.8. The van der Waals surface area contributed by atoms with Crippen molar-refractivity contribution in [2.45, 2.75) is 69.9 Å². The Hall–Kier alpha value is -2.46. The highest BCUT2D eigenvalue weighted by Gasteiger charge is 2.44. The standard InChI is InChI=1S/C25H30N2O2/c28-24(20-12-4-1-5-13-20)26(22-16-8-3-9-17-22)27(23-18-10-11-19-23)25(29)21-14-6-2-7-15-21/h1-2,4-7,12-15,22-23H,3,8-11,16-19H2/p+1. The predicted molar refractivity (Wildman–Crippen MR) is 113 cm³/mol. The molecule has 2 aliphatic carbocycles. The number of hydrogen-bond donors (Lipinski definition) is 1. The summed E-state index contributed by atoms with van der Waals surface area (Å²) in [6.07, 6.45) is 9.70. The molecule has 2 fully saturated rings. The van der Waals surface area contributed by atoms with Crippen LogP contribution in [0.15, 0.2) is 60.7 Å². The summed E-state index contributed by atoms with van der Waals surface area (Å²) in [7, 11) is 0. The van der Waals surface area contributed by atoms with Crippen molar-refractivity contribution in [1.29, 1.82) is 0 Å². The summed E-state index contributed by atoms with van der Waals surface area (Å²) in [5, 5.41) is 2.67. The minimum Gasteiger partial charge on any atom is -0.264 e. The molecule has 0 saturated heterocycles. The summed E-state index contributed by atoms with van der Waals surface area (Å²) in [5.41, 5.74) is 1.37. The maximum atomic E-state index is 13.7. The third-order valence-corrected chi connectivity index (χ3v) is 6.45. The molecule has 4 rings (SSSR count). The second kappa shape index (κ2) is 9.36. The Morgan fingerprint density at radius 1 is 0.690 bits per heavy atom. The van der Waals surface area contributed by atoms with Gasteiger partial charge in [-0.05, 0) is 49.9 Å². The topological polar surface area (TPSA) is 41.8 Å². The summed E-state index contributed by atoms with van der Waals surface area (Å²) >= 11 is 0. The van der Waals surface area contributed by atoms with Crippen LogP contribution >= 0.6 is 0 Å². The van der Waals surface area contributed by atoms with Gasteiger partial charge < -0.3 is 0 Å². The number of benzene rings is 2. The van der Waals surface area contributed by atoms with Crippen LogP contribution in [0.4, 0.5) is 0 Å². The predicted octanol–water partition coefficient (Wildman–Crippen LogP) is 4.04. The third kappa shape index (κ3) is 4.43. The molecule has 4 heteroatoms. The van der Waals surface area contributed by atoms with Crippen molar-refractivity contribution in [2.24, 2.45) is 0 Å². The highest BCUT2D eigenvalue weighted by Crippen LogP contribution is 2.24. The van der Waals surface area contributed by atoms with Crippen molar-refractivity contribution in [3.05, 3.63) is 71.8 Å². The first-order valence-electron chi connectivity index (χ1n) is 11.1. The molecule has 152 valence electrons. The Balaban J connectivity index is 1.74. The summed E-state index contributed by atoms with van der Waals surface area (Å²) in [6.45, 7) is 0. The van der Waals surface area contributed by atoms with Gasteiger partial charge in [0, 0.05) is 18.4 Å². The van der Waals surface area contributed by atoms with E-state index in [1.54, 1.807) is 0 Å². The summed E-state index contributed by atoms with van der Waals surface area (Å²) in [4.78, 5) is 27.5. The monoisotopic (exact) mass is 391 g/mol. The Labute approximate surface area is 173 Å². The van der Waals surface area contributed by atoms with E-state index in [2.05, 4.69) is 0 Å². The molecule has 1 N–H and O–H groups in total. The zero-order valence-electron chi connectivity index (χ0n) is 17.1. The fraction of sp³-hybridized carbons (Fsp3) is 0.440. The average molecular weight is 392 g/mol. The van der Waals surface area contributed by atoms with Crippen LogP contribution in [-0.2, 0) is 0 Å². The summed E-state index contributed by atoms with van der Waals surface area (Å²) in [5.74, 6) is 0.0241. The lowest BCUT2D eigenvalue weighted by Crippen LogP contribution is -3.25. The van der Waals surface area contributed by atoms with Gasteiger partial charge in [0.2, 0.25) is 0 Å². The molecule has 1 atom stereocenters. The van der Waals surface area contributed by atoms with Crippen LogP contribution in [0.5, 0.6) is 0 Å². The zero-order valence-corrected chi connectivity index (χ0v) is 17.1. The summed E-state index contributed by atoms with van der Waals surface area (Å²) in [6, 6.07) is 19.3. The van der Waals surface area contributed by atoms with Gasteiger partial charge in [-0.2, -0.15) is 10.0 Å². The Morgan fingerprint density at radius 2 is 1.21 bits per heavy atom. The van der Waals surface area contributed by atoms with Gasteiger partial charge in [-0.15, -0.1) is 0 Å². The second-order valence-corrected chi connectivity index (χ2v) is 8.39.